The highest BCUT2D eigenvalue weighted by Crippen LogP contribution is 2.06. The van der Waals surface area contributed by atoms with E-state index in [4.69, 9.17) is 9.47 Å². The third-order valence-electron chi connectivity index (χ3n) is 4.19. The van der Waals surface area contributed by atoms with Gasteiger partial charge in [-0.05, 0) is 52.6 Å². The maximum absolute atomic E-state index is 5.35. The van der Waals surface area contributed by atoms with E-state index in [9.17, 15) is 0 Å². The van der Waals surface area contributed by atoms with Gasteiger partial charge in [-0.3, -0.25) is 0 Å². The summed E-state index contributed by atoms with van der Waals surface area (Å²) in [7, 11) is 0. The van der Waals surface area contributed by atoms with Gasteiger partial charge >= 0.3 is 0 Å². The molecule has 0 aliphatic rings. The maximum Gasteiger partial charge on any atom is 0.0465 e. The normalized spacial score (nSPS) is 11.2. The van der Waals surface area contributed by atoms with Gasteiger partial charge in [-0.15, -0.1) is 0 Å². The molecule has 0 radical (unpaired) electrons. The topological polar surface area (TPSA) is 30.5 Å². The zero-order valence-electron chi connectivity index (χ0n) is 16.0. The fraction of sp³-hybridized carbons (Fsp3) is 1.00. The van der Waals surface area contributed by atoms with Crippen LogP contribution in [0.15, 0.2) is 0 Å². The highest BCUT2D eigenvalue weighted by Gasteiger charge is 1.94. The van der Waals surface area contributed by atoms with Crippen LogP contribution < -0.4 is 5.32 Å². The largest absolute Gasteiger partial charge is 0.382 e. The Morgan fingerprint density at radius 2 is 0.826 bits per heavy atom. The Morgan fingerprint density at radius 1 is 0.478 bits per heavy atom. The van der Waals surface area contributed by atoms with Crippen molar-refractivity contribution in [1.29, 1.82) is 0 Å². The molecule has 3 heteroatoms. The second-order valence-electron chi connectivity index (χ2n) is 6.39. The molecule has 0 unspecified atom stereocenters. The van der Waals surface area contributed by atoms with Crippen molar-refractivity contribution in [2.24, 2.45) is 0 Å². The maximum atomic E-state index is 5.35. The lowest BCUT2D eigenvalue weighted by atomic mass is 10.1. The Hall–Kier alpha value is -0.120. The Labute approximate surface area is 145 Å². The van der Waals surface area contributed by atoms with Gasteiger partial charge in [-0.25, -0.2) is 0 Å². The summed E-state index contributed by atoms with van der Waals surface area (Å²) in [5, 5.41) is 3.58. The zero-order chi connectivity index (χ0) is 16.8. The summed E-state index contributed by atoms with van der Waals surface area (Å²) in [5.74, 6) is 0. The van der Waals surface area contributed by atoms with Gasteiger partial charge in [0.15, 0.2) is 0 Å². The van der Waals surface area contributed by atoms with Crippen molar-refractivity contribution in [3.05, 3.63) is 0 Å². The average molecular weight is 330 g/mol. The van der Waals surface area contributed by atoms with E-state index in [0.717, 1.165) is 26.4 Å². The van der Waals surface area contributed by atoms with Crippen LogP contribution >= 0.6 is 0 Å². The summed E-state index contributed by atoms with van der Waals surface area (Å²) in [6.07, 6.45) is 16.1. The number of ether oxygens (including phenoxy) is 2. The van der Waals surface area contributed by atoms with Gasteiger partial charge < -0.3 is 14.8 Å². The summed E-state index contributed by atoms with van der Waals surface area (Å²) in [6.45, 7) is 10.2. The third-order valence-corrected chi connectivity index (χ3v) is 4.19. The Kier molecular flexibility index (Phi) is 21.8. The standard InChI is InChI=1S/C20H43NO2/c1-3-22-19-15-11-7-5-9-13-17-21-18-14-10-6-8-12-16-20-23-4-2/h21H,3-20H2,1-2H3. The van der Waals surface area contributed by atoms with Gasteiger partial charge in [0.25, 0.3) is 0 Å². The van der Waals surface area contributed by atoms with Gasteiger partial charge in [-0.2, -0.15) is 0 Å². The minimum absolute atomic E-state index is 0.861. The van der Waals surface area contributed by atoms with Crippen LogP contribution in [-0.4, -0.2) is 39.5 Å². The highest BCUT2D eigenvalue weighted by atomic mass is 16.5. The molecule has 1 N–H and O–H groups in total. The molecule has 0 bridgehead atoms. The van der Waals surface area contributed by atoms with Crippen LogP contribution in [0.3, 0.4) is 0 Å². The lowest BCUT2D eigenvalue weighted by Crippen LogP contribution is -2.16. The first-order chi connectivity index (χ1) is 11.4. The van der Waals surface area contributed by atoms with Crippen molar-refractivity contribution in [1.82, 2.24) is 5.32 Å². The van der Waals surface area contributed by atoms with E-state index in [2.05, 4.69) is 19.2 Å². The third kappa shape index (κ3) is 21.9. The summed E-state index contributed by atoms with van der Waals surface area (Å²) >= 11 is 0. The van der Waals surface area contributed by atoms with Gasteiger partial charge in [0, 0.05) is 26.4 Å². The van der Waals surface area contributed by atoms with Crippen molar-refractivity contribution < 1.29 is 9.47 Å². The first-order valence-corrected chi connectivity index (χ1v) is 10.3. The molecule has 140 valence electrons. The second-order valence-corrected chi connectivity index (χ2v) is 6.39. The predicted octanol–water partition coefficient (Wildman–Crippen LogP) is 5.33. The summed E-state index contributed by atoms with van der Waals surface area (Å²) in [6, 6.07) is 0. The molecule has 0 fully saturated rings. The Balaban J connectivity index is 2.92. The van der Waals surface area contributed by atoms with E-state index < -0.39 is 0 Å². The van der Waals surface area contributed by atoms with Crippen molar-refractivity contribution in [2.75, 3.05) is 39.5 Å². The van der Waals surface area contributed by atoms with E-state index in [0.29, 0.717) is 0 Å². The predicted molar refractivity (Wildman–Crippen MR) is 101 cm³/mol. The van der Waals surface area contributed by atoms with Gasteiger partial charge in [0.1, 0.15) is 0 Å². The van der Waals surface area contributed by atoms with Crippen LogP contribution in [0.1, 0.15) is 90.9 Å². The molecule has 0 aromatic carbocycles. The van der Waals surface area contributed by atoms with E-state index >= 15 is 0 Å². The molecule has 0 heterocycles. The van der Waals surface area contributed by atoms with Crippen molar-refractivity contribution >= 4 is 0 Å². The van der Waals surface area contributed by atoms with E-state index in [-0.39, 0.29) is 0 Å². The highest BCUT2D eigenvalue weighted by molar-refractivity contribution is 4.52. The molecule has 23 heavy (non-hydrogen) atoms. The van der Waals surface area contributed by atoms with Crippen LogP contribution in [-0.2, 0) is 9.47 Å². The first kappa shape index (κ1) is 22.9. The van der Waals surface area contributed by atoms with E-state index in [1.165, 1.54) is 90.1 Å². The van der Waals surface area contributed by atoms with E-state index in [1.807, 2.05) is 0 Å². The lowest BCUT2D eigenvalue weighted by Gasteiger charge is -2.05. The van der Waals surface area contributed by atoms with Gasteiger partial charge in [0.05, 0.1) is 0 Å². The SMILES string of the molecule is CCOCCCCCCCCNCCCCCCCCOCC. The van der Waals surface area contributed by atoms with Gasteiger partial charge in [-0.1, -0.05) is 51.4 Å². The molecule has 0 amide bonds. The van der Waals surface area contributed by atoms with Crippen LogP contribution in [0.25, 0.3) is 0 Å². The molecule has 0 saturated carbocycles. The molecule has 0 aliphatic carbocycles. The molecule has 0 aromatic rings. The van der Waals surface area contributed by atoms with Crippen molar-refractivity contribution in [2.45, 2.75) is 90.9 Å². The average Bonchev–Trinajstić information content (AvgIpc) is 2.57. The molecular formula is C20H43NO2. The molecule has 0 aliphatic heterocycles. The quantitative estimate of drug-likeness (QED) is 0.306. The minimum atomic E-state index is 0.861. The number of unbranched alkanes of at least 4 members (excludes halogenated alkanes) is 10. The molecule has 0 aromatic heterocycles. The molecular weight excluding hydrogens is 286 g/mol. The van der Waals surface area contributed by atoms with Crippen LogP contribution in [0.4, 0.5) is 0 Å². The Bertz CT molecular complexity index is 180. The van der Waals surface area contributed by atoms with Crippen molar-refractivity contribution in [3.63, 3.8) is 0 Å². The molecule has 0 rings (SSSR count). The second kappa shape index (κ2) is 21.9. The van der Waals surface area contributed by atoms with Crippen LogP contribution in [0.2, 0.25) is 0 Å². The minimum Gasteiger partial charge on any atom is -0.382 e. The first-order valence-electron chi connectivity index (χ1n) is 10.3. The van der Waals surface area contributed by atoms with Crippen molar-refractivity contribution in [3.8, 4) is 0 Å². The van der Waals surface area contributed by atoms with Gasteiger partial charge in [0.2, 0.25) is 0 Å². The molecule has 0 atom stereocenters. The summed E-state index contributed by atoms with van der Waals surface area (Å²) in [5.41, 5.74) is 0. The van der Waals surface area contributed by atoms with Crippen LogP contribution in [0.5, 0.6) is 0 Å². The number of hydrogen-bond donors (Lipinski definition) is 1. The summed E-state index contributed by atoms with van der Waals surface area (Å²) < 4.78 is 10.7. The van der Waals surface area contributed by atoms with E-state index in [1.54, 1.807) is 0 Å². The summed E-state index contributed by atoms with van der Waals surface area (Å²) in [4.78, 5) is 0. The number of hydrogen-bond acceptors (Lipinski definition) is 3. The zero-order valence-corrected chi connectivity index (χ0v) is 16.0. The molecule has 0 spiro atoms. The number of nitrogens with one attached hydrogen (secondary N) is 1. The molecule has 3 nitrogen and oxygen atoms in total. The Morgan fingerprint density at radius 3 is 1.22 bits per heavy atom. The smallest absolute Gasteiger partial charge is 0.0465 e. The fourth-order valence-electron chi connectivity index (χ4n) is 2.74. The monoisotopic (exact) mass is 329 g/mol. The van der Waals surface area contributed by atoms with Crippen LogP contribution in [0, 0.1) is 0 Å². The lowest BCUT2D eigenvalue weighted by molar-refractivity contribution is 0.142. The fourth-order valence-corrected chi connectivity index (χ4v) is 2.74. The number of rotatable bonds is 20. The molecule has 0 saturated heterocycles.